The van der Waals surface area contributed by atoms with Crippen LogP contribution in [0.3, 0.4) is 0 Å². The van der Waals surface area contributed by atoms with Crippen LogP contribution >= 0.6 is 23.2 Å². The molecule has 2 N–H and O–H groups in total. The molecule has 188 valence electrons. The van der Waals surface area contributed by atoms with Gasteiger partial charge in [-0.3, -0.25) is 14.5 Å². The van der Waals surface area contributed by atoms with Crippen molar-refractivity contribution in [3.05, 3.63) is 39.9 Å². The average Bonchev–Trinajstić information content (AvgIpc) is 2.98. The number of hydrogen-bond acceptors (Lipinski definition) is 6. The topological polar surface area (TPSA) is 93.6 Å². The van der Waals surface area contributed by atoms with Crippen LogP contribution in [0.2, 0.25) is 10.0 Å². The molecule has 2 aliphatic heterocycles. The highest BCUT2D eigenvalue weighted by Crippen LogP contribution is 2.23. The third-order valence-corrected chi connectivity index (χ3v) is 7.09. The van der Waals surface area contributed by atoms with Crippen molar-refractivity contribution >= 4 is 41.1 Å². The zero-order valence-corrected chi connectivity index (χ0v) is 20.9. The Labute approximate surface area is 210 Å². The van der Waals surface area contributed by atoms with E-state index < -0.39 is 12.2 Å². The van der Waals surface area contributed by atoms with Crippen LogP contribution < -0.4 is 0 Å². The van der Waals surface area contributed by atoms with Crippen LogP contribution in [0.15, 0.2) is 24.3 Å². The Morgan fingerprint density at radius 3 is 2.71 bits per heavy atom. The summed E-state index contributed by atoms with van der Waals surface area (Å²) < 4.78 is 5.15. The molecule has 3 rings (SSSR count). The fourth-order valence-corrected chi connectivity index (χ4v) is 4.71. The van der Waals surface area contributed by atoms with E-state index in [9.17, 15) is 19.8 Å². The number of ether oxygens (including phenoxy) is 1. The summed E-state index contributed by atoms with van der Waals surface area (Å²) in [5, 5.41) is 21.7. The second kappa shape index (κ2) is 12.9. The summed E-state index contributed by atoms with van der Waals surface area (Å²) in [4.78, 5) is 30.5. The van der Waals surface area contributed by atoms with Crippen LogP contribution in [-0.2, 0) is 14.3 Å². The molecule has 0 radical (unpaired) electrons. The van der Waals surface area contributed by atoms with Crippen molar-refractivity contribution in [2.75, 3.05) is 59.5 Å². The lowest BCUT2D eigenvalue weighted by Gasteiger charge is -2.37. The Morgan fingerprint density at radius 2 is 2.00 bits per heavy atom. The number of rotatable bonds is 8. The molecular weight excluding hydrogens is 481 g/mol. The molecule has 0 aromatic heterocycles. The van der Waals surface area contributed by atoms with Gasteiger partial charge in [0.05, 0.1) is 28.9 Å². The molecule has 3 atom stereocenters. The van der Waals surface area contributed by atoms with E-state index in [4.69, 9.17) is 27.9 Å². The van der Waals surface area contributed by atoms with Gasteiger partial charge in [0, 0.05) is 64.8 Å². The van der Waals surface area contributed by atoms with E-state index >= 15 is 0 Å². The first-order valence-corrected chi connectivity index (χ1v) is 12.3. The maximum atomic E-state index is 12.6. The quantitative estimate of drug-likeness (QED) is 0.514. The minimum absolute atomic E-state index is 0.0818. The first kappa shape index (κ1) is 26.9. The molecule has 0 saturated carbocycles. The van der Waals surface area contributed by atoms with Crippen LogP contribution in [0, 0.1) is 5.92 Å². The van der Waals surface area contributed by atoms with E-state index in [0.717, 1.165) is 18.5 Å². The number of likely N-dealkylation sites (tertiary alicyclic amines) is 1. The predicted octanol–water partition coefficient (Wildman–Crippen LogP) is 1.76. The summed E-state index contributed by atoms with van der Waals surface area (Å²) in [6.07, 6.45) is 2.93. The van der Waals surface area contributed by atoms with Gasteiger partial charge in [-0.2, -0.15) is 0 Å². The summed E-state index contributed by atoms with van der Waals surface area (Å²) in [5.41, 5.74) is 0.759. The van der Waals surface area contributed by atoms with Gasteiger partial charge in [0.15, 0.2) is 0 Å². The van der Waals surface area contributed by atoms with Gasteiger partial charge < -0.3 is 24.7 Å². The molecule has 34 heavy (non-hydrogen) atoms. The van der Waals surface area contributed by atoms with Gasteiger partial charge in [0.1, 0.15) is 0 Å². The smallest absolute Gasteiger partial charge is 0.246 e. The number of amides is 2. The summed E-state index contributed by atoms with van der Waals surface area (Å²) >= 11 is 11.9. The van der Waals surface area contributed by atoms with E-state index in [1.54, 1.807) is 41.2 Å². The molecule has 2 saturated heterocycles. The number of piperidine rings is 1. The van der Waals surface area contributed by atoms with Crippen molar-refractivity contribution in [3.63, 3.8) is 0 Å². The normalized spacial score (nSPS) is 23.4. The fraction of sp³-hybridized carbons (Fsp3) is 0.583. The summed E-state index contributed by atoms with van der Waals surface area (Å²) in [6.45, 7) is 3.44. The van der Waals surface area contributed by atoms with E-state index in [0.29, 0.717) is 49.4 Å². The summed E-state index contributed by atoms with van der Waals surface area (Å²) in [6, 6.07) is 5.12. The van der Waals surface area contributed by atoms with Gasteiger partial charge >= 0.3 is 0 Å². The lowest BCUT2D eigenvalue weighted by Crippen LogP contribution is -2.50. The van der Waals surface area contributed by atoms with E-state index in [-0.39, 0.29) is 30.7 Å². The second-order valence-electron chi connectivity index (χ2n) is 8.91. The molecule has 1 aromatic carbocycles. The number of aliphatic hydroxyl groups excluding tert-OH is 2. The maximum Gasteiger partial charge on any atom is 0.246 e. The van der Waals surface area contributed by atoms with Crippen molar-refractivity contribution in [2.45, 2.75) is 25.0 Å². The lowest BCUT2D eigenvalue weighted by atomic mass is 9.94. The molecule has 1 aromatic rings. The SMILES string of the molecule is COC[C@@H]1CCN(C[C@H](O)CN2CCN(C(=O)/C=C/c3ccc(Cl)c(Cl)c3)CCC2=O)C[C@@H]1O. The molecule has 0 aliphatic carbocycles. The lowest BCUT2D eigenvalue weighted by molar-refractivity contribution is -0.132. The van der Waals surface area contributed by atoms with Gasteiger partial charge in [-0.05, 0) is 36.7 Å². The van der Waals surface area contributed by atoms with Gasteiger partial charge in [0.2, 0.25) is 11.8 Å². The van der Waals surface area contributed by atoms with E-state index in [1.807, 2.05) is 4.90 Å². The predicted molar refractivity (Wildman–Crippen MR) is 132 cm³/mol. The van der Waals surface area contributed by atoms with Crippen molar-refractivity contribution < 1.29 is 24.5 Å². The molecule has 0 unspecified atom stereocenters. The molecule has 0 bridgehead atoms. The third-order valence-electron chi connectivity index (χ3n) is 6.35. The third kappa shape index (κ3) is 7.66. The number of halogens is 2. The molecule has 0 spiro atoms. The Balaban J connectivity index is 1.47. The first-order valence-electron chi connectivity index (χ1n) is 11.5. The highest BCUT2D eigenvalue weighted by Gasteiger charge is 2.30. The van der Waals surface area contributed by atoms with Crippen LogP contribution in [0.5, 0.6) is 0 Å². The standard InChI is InChI=1S/C24H33Cl2N3O5/c1-34-16-18-6-8-27(15-22(18)31)13-19(30)14-29-11-10-28(9-7-24(29)33)23(32)5-3-17-2-4-20(25)21(26)12-17/h2-5,12,18-19,22,30-31H,6-11,13-16H2,1H3/b5-3+/t18-,19-,22-/m0/s1. The minimum Gasteiger partial charge on any atom is -0.391 e. The average molecular weight is 514 g/mol. The Morgan fingerprint density at radius 1 is 1.21 bits per heavy atom. The van der Waals surface area contributed by atoms with E-state index in [2.05, 4.69) is 0 Å². The molecular formula is C24H33Cl2N3O5. The van der Waals surface area contributed by atoms with Gasteiger partial charge in [0.25, 0.3) is 0 Å². The van der Waals surface area contributed by atoms with Gasteiger partial charge in [-0.1, -0.05) is 29.3 Å². The van der Waals surface area contributed by atoms with Crippen molar-refractivity contribution in [2.24, 2.45) is 5.92 Å². The van der Waals surface area contributed by atoms with Crippen LogP contribution in [0.25, 0.3) is 6.08 Å². The van der Waals surface area contributed by atoms with Crippen molar-refractivity contribution in [1.82, 2.24) is 14.7 Å². The Bertz CT molecular complexity index is 884. The van der Waals surface area contributed by atoms with E-state index in [1.165, 1.54) is 6.08 Å². The fourth-order valence-electron chi connectivity index (χ4n) is 4.40. The molecule has 2 fully saturated rings. The largest absolute Gasteiger partial charge is 0.391 e. The molecule has 2 amide bonds. The molecule has 8 nitrogen and oxygen atoms in total. The van der Waals surface area contributed by atoms with Gasteiger partial charge in [-0.25, -0.2) is 0 Å². The van der Waals surface area contributed by atoms with Crippen LogP contribution in [0.1, 0.15) is 18.4 Å². The molecule has 10 heteroatoms. The molecule has 2 aliphatic rings. The van der Waals surface area contributed by atoms with Crippen molar-refractivity contribution in [1.29, 1.82) is 0 Å². The Kier molecular flexibility index (Phi) is 10.2. The second-order valence-corrected chi connectivity index (χ2v) is 9.72. The number of carbonyl (C=O) groups is 2. The van der Waals surface area contributed by atoms with Crippen LogP contribution in [0.4, 0.5) is 0 Å². The number of nitrogens with zero attached hydrogens (tertiary/aromatic N) is 3. The van der Waals surface area contributed by atoms with Gasteiger partial charge in [-0.15, -0.1) is 0 Å². The molecule has 2 heterocycles. The number of hydrogen-bond donors (Lipinski definition) is 2. The number of methoxy groups -OCH3 is 1. The highest BCUT2D eigenvalue weighted by molar-refractivity contribution is 6.42. The van der Waals surface area contributed by atoms with Crippen molar-refractivity contribution in [3.8, 4) is 0 Å². The zero-order valence-electron chi connectivity index (χ0n) is 19.4. The highest BCUT2D eigenvalue weighted by atomic mass is 35.5. The number of carbonyl (C=O) groups excluding carboxylic acids is 2. The number of β-amino-alcohol motifs (C(OH)–C–C–N with tert-alkyl or cyclic N) is 2. The first-order chi connectivity index (χ1) is 16.3. The monoisotopic (exact) mass is 513 g/mol. The number of benzene rings is 1. The number of aliphatic hydroxyl groups is 2. The zero-order chi connectivity index (χ0) is 24.7. The minimum atomic E-state index is -0.730. The summed E-state index contributed by atoms with van der Waals surface area (Å²) in [7, 11) is 1.63. The maximum absolute atomic E-state index is 12.6. The Hall–Kier alpha value is -1.68. The summed E-state index contributed by atoms with van der Waals surface area (Å²) in [5.74, 6) is -0.157. The van der Waals surface area contributed by atoms with Crippen LogP contribution in [-0.4, -0.2) is 108 Å².